The number of nitrogens with zero attached hydrogens (tertiary/aromatic N) is 2. The van der Waals surface area contributed by atoms with Crippen molar-refractivity contribution in [3.8, 4) is 0 Å². The number of aryl methyl sites for hydroxylation is 2. The molecule has 0 bridgehead atoms. The highest BCUT2D eigenvalue weighted by atomic mass is 15.2. The second-order valence-electron chi connectivity index (χ2n) is 23.8. The fraction of sp³-hybridized carbons (Fsp3) is 0.464. The van der Waals surface area contributed by atoms with Crippen LogP contribution in [0.3, 0.4) is 0 Å². The van der Waals surface area contributed by atoms with Gasteiger partial charge in [0.05, 0.1) is 0 Å². The average Bonchev–Trinajstić information content (AvgIpc) is 3.14. The third kappa shape index (κ3) is 6.17. The van der Waals surface area contributed by atoms with E-state index in [0.717, 1.165) is 0 Å². The first-order valence-corrected chi connectivity index (χ1v) is 22.6. The zero-order chi connectivity index (χ0) is 42.6. The summed E-state index contributed by atoms with van der Waals surface area (Å²) in [6.07, 6.45) is 4.80. The molecule has 0 amide bonds. The lowest BCUT2D eigenvalue weighted by Gasteiger charge is -2.48. The van der Waals surface area contributed by atoms with Crippen molar-refractivity contribution >= 4 is 57.2 Å². The summed E-state index contributed by atoms with van der Waals surface area (Å²) in [5.41, 5.74) is 24.0. The number of benzene rings is 5. The Bertz CT molecular complexity index is 2570. The molecule has 0 fully saturated rings. The highest BCUT2D eigenvalue weighted by Crippen LogP contribution is 2.53. The summed E-state index contributed by atoms with van der Waals surface area (Å²) in [6, 6.07) is 32.5. The first-order chi connectivity index (χ1) is 27.3. The molecule has 0 radical (unpaired) electrons. The SMILES string of the molecule is Cc1cc2c3c(c1)N(c1ccc(C(C)(C)C)cc1C)c1cc(C(C)(C)C)ccc1B3c1cc3c(cc1N2c1ccc2c(c1)C(C)(C)CCC2(C)C)C(C)(C)CCC3(C)C. The molecule has 5 aromatic carbocycles. The van der Waals surface area contributed by atoms with E-state index < -0.39 is 0 Å². The van der Waals surface area contributed by atoms with Crippen LogP contribution < -0.4 is 26.2 Å². The van der Waals surface area contributed by atoms with E-state index in [1.807, 2.05) is 0 Å². The first-order valence-electron chi connectivity index (χ1n) is 22.6. The van der Waals surface area contributed by atoms with Crippen molar-refractivity contribution < 1.29 is 0 Å². The Balaban J connectivity index is 1.40. The molecule has 2 heterocycles. The lowest BCUT2D eigenvalue weighted by atomic mass is 9.33. The zero-order valence-electron chi connectivity index (χ0n) is 39.3. The molecule has 0 atom stereocenters. The van der Waals surface area contributed by atoms with Crippen molar-refractivity contribution in [3.05, 3.63) is 123 Å². The van der Waals surface area contributed by atoms with Crippen LogP contribution in [-0.2, 0) is 32.5 Å². The van der Waals surface area contributed by atoms with E-state index in [1.54, 1.807) is 0 Å². The summed E-state index contributed by atoms with van der Waals surface area (Å²) in [4.78, 5) is 5.33. The molecule has 4 aliphatic rings. The molecule has 2 aliphatic carbocycles. The van der Waals surface area contributed by atoms with Gasteiger partial charge in [0, 0.05) is 34.1 Å². The molecule has 0 spiro atoms. The zero-order valence-corrected chi connectivity index (χ0v) is 39.3. The predicted octanol–water partition coefficient (Wildman–Crippen LogP) is 13.7. The van der Waals surface area contributed by atoms with Gasteiger partial charge in [0.15, 0.2) is 0 Å². The second-order valence-corrected chi connectivity index (χ2v) is 23.8. The lowest BCUT2D eigenvalue weighted by molar-refractivity contribution is 0.332. The van der Waals surface area contributed by atoms with E-state index in [0.29, 0.717) is 0 Å². The molecule has 2 nitrogen and oxygen atoms in total. The van der Waals surface area contributed by atoms with Gasteiger partial charge in [-0.2, -0.15) is 0 Å². The number of anilines is 6. The molecule has 0 saturated carbocycles. The van der Waals surface area contributed by atoms with Gasteiger partial charge in [0.1, 0.15) is 0 Å². The van der Waals surface area contributed by atoms with E-state index in [-0.39, 0.29) is 39.2 Å². The highest BCUT2D eigenvalue weighted by molar-refractivity contribution is 7.00. The maximum absolute atomic E-state index is 2.69. The summed E-state index contributed by atoms with van der Waals surface area (Å²) in [5, 5.41) is 0. The molecule has 2 aliphatic heterocycles. The van der Waals surface area contributed by atoms with E-state index in [1.165, 1.54) is 121 Å². The van der Waals surface area contributed by atoms with Gasteiger partial charge in [-0.15, -0.1) is 0 Å². The minimum atomic E-state index is 0.00855. The molecule has 3 heteroatoms. The van der Waals surface area contributed by atoms with Crippen molar-refractivity contribution in [3.63, 3.8) is 0 Å². The molecule has 5 aromatic rings. The van der Waals surface area contributed by atoms with E-state index in [2.05, 4.69) is 199 Å². The number of rotatable bonds is 2. The average molecular weight is 781 g/mol. The van der Waals surface area contributed by atoms with Crippen LogP contribution in [0.25, 0.3) is 0 Å². The third-order valence-electron chi connectivity index (χ3n) is 15.4. The van der Waals surface area contributed by atoms with Gasteiger partial charge in [-0.05, 0) is 175 Å². The summed E-state index contributed by atoms with van der Waals surface area (Å²) in [6.45, 7) is 38.5. The standard InChI is InChI=1S/C56H69BN2/c1-34-27-48-50-49(28-34)59(45-22-18-36(29-35(45)2)51(3,4)5)46-30-37(52(6,7)8)17-21-43(46)57(50)44-32-41-42(56(15,16)26-25-55(41,13)14)33-47(44)58(48)38-19-20-39-40(31-38)54(11,12)24-23-53(39,9)10/h17-22,27-33H,23-26H2,1-16H3. The maximum atomic E-state index is 2.69. The van der Waals surface area contributed by atoms with Crippen LogP contribution in [0.1, 0.15) is 167 Å². The summed E-state index contributed by atoms with van der Waals surface area (Å²) < 4.78 is 0. The predicted molar refractivity (Wildman–Crippen MR) is 258 cm³/mol. The lowest BCUT2D eigenvalue weighted by Crippen LogP contribution is -2.62. The largest absolute Gasteiger partial charge is 0.311 e. The Morgan fingerprint density at radius 1 is 0.441 bits per heavy atom. The third-order valence-corrected chi connectivity index (χ3v) is 15.4. The minimum Gasteiger partial charge on any atom is -0.311 e. The van der Waals surface area contributed by atoms with Gasteiger partial charge in [0.25, 0.3) is 6.71 Å². The Labute approximate surface area is 357 Å². The number of fused-ring (bicyclic) bond motifs is 6. The maximum Gasteiger partial charge on any atom is 0.252 e. The Morgan fingerprint density at radius 2 is 0.932 bits per heavy atom. The monoisotopic (exact) mass is 781 g/mol. The molecule has 0 N–H and O–H groups in total. The van der Waals surface area contributed by atoms with Crippen LogP contribution in [0.4, 0.5) is 34.1 Å². The molecule has 0 saturated heterocycles. The van der Waals surface area contributed by atoms with Crippen molar-refractivity contribution in [2.75, 3.05) is 9.80 Å². The van der Waals surface area contributed by atoms with E-state index >= 15 is 0 Å². The number of hydrogen-bond donors (Lipinski definition) is 0. The van der Waals surface area contributed by atoms with Gasteiger partial charge in [-0.25, -0.2) is 0 Å². The van der Waals surface area contributed by atoms with Crippen LogP contribution in [0.5, 0.6) is 0 Å². The fourth-order valence-electron chi connectivity index (χ4n) is 11.3. The molecular weight excluding hydrogens is 711 g/mol. The normalized spacial score (nSPS) is 19.4. The smallest absolute Gasteiger partial charge is 0.252 e. The molecule has 306 valence electrons. The second kappa shape index (κ2) is 12.7. The van der Waals surface area contributed by atoms with Gasteiger partial charge >= 0.3 is 0 Å². The van der Waals surface area contributed by atoms with Crippen molar-refractivity contribution in [2.24, 2.45) is 0 Å². The quantitative estimate of drug-likeness (QED) is 0.161. The molecule has 0 aromatic heterocycles. The molecular formula is C56H69BN2. The Morgan fingerprint density at radius 3 is 1.51 bits per heavy atom. The Kier molecular flexibility index (Phi) is 8.62. The summed E-state index contributed by atoms with van der Waals surface area (Å²) in [7, 11) is 0. The van der Waals surface area contributed by atoms with Gasteiger partial charge < -0.3 is 9.80 Å². The first kappa shape index (κ1) is 40.2. The molecule has 59 heavy (non-hydrogen) atoms. The summed E-state index contributed by atoms with van der Waals surface area (Å²) >= 11 is 0. The molecule has 9 rings (SSSR count). The topological polar surface area (TPSA) is 6.48 Å². The highest BCUT2D eigenvalue weighted by Gasteiger charge is 2.47. The van der Waals surface area contributed by atoms with Crippen LogP contribution in [0.15, 0.2) is 78.9 Å². The van der Waals surface area contributed by atoms with Gasteiger partial charge in [-0.1, -0.05) is 133 Å². The van der Waals surface area contributed by atoms with Crippen molar-refractivity contribution in [2.45, 2.75) is 169 Å². The number of hydrogen-bond acceptors (Lipinski definition) is 2. The van der Waals surface area contributed by atoms with Crippen LogP contribution in [0, 0.1) is 13.8 Å². The van der Waals surface area contributed by atoms with Gasteiger partial charge in [-0.3, -0.25) is 0 Å². The van der Waals surface area contributed by atoms with Gasteiger partial charge in [0.2, 0.25) is 0 Å². The fourth-order valence-corrected chi connectivity index (χ4v) is 11.3. The van der Waals surface area contributed by atoms with Crippen LogP contribution in [0.2, 0.25) is 0 Å². The van der Waals surface area contributed by atoms with Crippen molar-refractivity contribution in [1.29, 1.82) is 0 Å². The van der Waals surface area contributed by atoms with E-state index in [9.17, 15) is 0 Å². The Hall–Kier alpha value is -4.24. The summed E-state index contributed by atoms with van der Waals surface area (Å²) in [5.74, 6) is 0. The molecule has 0 unspecified atom stereocenters. The minimum absolute atomic E-state index is 0.00855. The van der Waals surface area contributed by atoms with Crippen LogP contribution >= 0.6 is 0 Å². The van der Waals surface area contributed by atoms with Crippen molar-refractivity contribution in [1.82, 2.24) is 0 Å². The van der Waals surface area contributed by atoms with E-state index in [4.69, 9.17) is 0 Å². The van der Waals surface area contributed by atoms with Crippen LogP contribution in [-0.4, -0.2) is 6.71 Å².